The van der Waals surface area contributed by atoms with Gasteiger partial charge in [0.2, 0.25) is 0 Å². The number of hydrogen-bond acceptors (Lipinski definition) is 2. The molecule has 1 aromatic heterocycles. The molecule has 1 aromatic rings. The van der Waals surface area contributed by atoms with E-state index in [-0.39, 0.29) is 6.42 Å². The van der Waals surface area contributed by atoms with Crippen LogP contribution in [0.5, 0.6) is 0 Å². The van der Waals surface area contributed by atoms with Gasteiger partial charge >= 0.3 is 5.97 Å². The Hall–Kier alpha value is -1.32. The zero-order chi connectivity index (χ0) is 10.8. The van der Waals surface area contributed by atoms with E-state index in [1.54, 1.807) is 0 Å². The molecule has 0 saturated carbocycles. The van der Waals surface area contributed by atoms with Gasteiger partial charge < -0.3 is 9.67 Å². The van der Waals surface area contributed by atoms with Crippen LogP contribution in [0.2, 0.25) is 0 Å². The number of aliphatic carboxylic acids is 1. The standard InChI is InChI=1S/C11H16N2O2/c1-2-8-9-4-3-7-13(9)10(12-8)5-6-11(14)15/h2-7H2,1H3,(H,14,15). The number of carbonyl (C=O) groups is 1. The van der Waals surface area contributed by atoms with E-state index in [1.165, 1.54) is 12.1 Å². The first-order valence-corrected chi connectivity index (χ1v) is 5.51. The number of aryl methyl sites for hydroxylation is 2. The molecule has 0 radical (unpaired) electrons. The van der Waals surface area contributed by atoms with Crippen molar-refractivity contribution in [2.24, 2.45) is 0 Å². The Bertz CT molecular complexity index is 382. The van der Waals surface area contributed by atoms with Crippen LogP contribution in [0.15, 0.2) is 0 Å². The highest BCUT2D eigenvalue weighted by atomic mass is 16.4. The lowest BCUT2D eigenvalue weighted by atomic mass is 10.2. The molecule has 82 valence electrons. The van der Waals surface area contributed by atoms with E-state index < -0.39 is 5.97 Å². The molecule has 0 fully saturated rings. The number of fused-ring (bicyclic) bond motifs is 1. The fourth-order valence-corrected chi connectivity index (χ4v) is 2.23. The van der Waals surface area contributed by atoms with Crippen LogP contribution < -0.4 is 0 Å². The SMILES string of the molecule is CCc1nc(CCC(=O)O)n2c1CCC2. The maximum Gasteiger partial charge on any atom is 0.303 e. The minimum absolute atomic E-state index is 0.180. The van der Waals surface area contributed by atoms with Crippen molar-refractivity contribution < 1.29 is 9.90 Å². The molecule has 2 heterocycles. The summed E-state index contributed by atoms with van der Waals surface area (Å²) in [5, 5.41) is 8.65. The zero-order valence-corrected chi connectivity index (χ0v) is 8.99. The third-order valence-electron chi connectivity index (χ3n) is 2.93. The molecule has 0 bridgehead atoms. The van der Waals surface area contributed by atoms with Crippen molar-refractivity contribution in [1.82, 2.24) is 9.55 Å². The molecule has 1 aliphatic heterocycles. The minimum atomic E-state index is -0.747. The van der Waals surface area contributed by atoms with Crippen LogP contribution in [0.25, 0.3) is 0 Å². The number of carboxylic acid groups (broad SMARTS) is 1. The van der Waals surface area contributed by atoms with E-state index in [9.17, 15) is 4.79 Å². The summed E-state index contributed by atoms with van der Waals surface area (Å²) in [6.45, 7) is 3.11. The lowest BCUT2D eigenvalue weighted by Gasteiger charge is -2.01. The molecule has 1 aliphatic rings. The maximum absolute atomic E-state index is 10.5. The van der Waals surface area contributed by atoms with Crippen molar-refractivity contribution >= 4 is 5.97 Å². The van der Waals surface area contributed by atoms with Gasteiger partial charge in [0.15, 0.2) is 0 Å². The molecule has 4 heteroatoms. The zero-order valence-electron chi connectivity index (χ0n) is 8.99. The van der Waals surface area contributed by atoms with Gasteiger partial charge in [-0.05, 0) is 19.3 Å². The molecule has 0 spiro atoms. The fourth-order valence-electron chi connectivity index (χ4n) is 2.23. The Balaban J connectivity index is 2.20. The summed E-state index contributed by atoms with van der Waals surface area (Å²) < 4.78 is 2.21. The lowest BCUT2D eigenvalue weighted by molar-refractivity contribution is -0.137. The van der Waals surface area contributed by atoms with Gasteiger partial charge in [0, 0.05) is 18.7 Å². The van der Waals surface area contributed by atoms with E-state index in [2.05, 4.69) is 16.5 Å². The van der Waals surface area contributed by atoms with E-state index in [1.807, 2.05) is 0 Å². The number of rotatable bonds is 4. The second-order valence-electron chi connectivity index (χ2n) is 3.92. The normalized spacial score (nSPS) is 14.2. The molecule has 0 aromatic carbocycles. The number of aromatic nitrogens is 2. The maximum atomic E-state index is 10.5. The predicted molar refractivity (Wildman–Crippen MR) is 55.9 cm³/mol. The highest BCUT2D eigenvalue weighted by molar-refractivity contribution is 5.66. The Morgan fingerprint density at radius 3 is 3.07 bits per heavy atom. The van der Waals surface area contributed by atoms with Crippen LogP contribution >= 0.6 is 0 Å². The van der Waals surface area contributed by atoms with Crippen LogP contribution in [-0.4, -0.2) is 20.6 Å². The second-order valence-corrected chi connectivity index (χ2v) is 3.92. The molecule has 0 atom stereocenters. The van der Waals surface area contributed by atoms with Crippen molar-refractivity contribution in [3.05, 3.63) is 17.2 Å². The lowest BCUT2D eigenvalue weighted by Crippen LogP contribution is -2.04. The third-order valence-corrected chi connectivity index (χ3v) is 2.93. The monoisotopic (exact) mass is 208 g/mol. The van der Waals surface area contributed by atoms with E-state index in [0.29, 0.717) is 6.42 Å². The molecular weight excluding hydrogens is 192 g/mol. The minimum Gasteiger partial charge on any atom is -0.481 e. The third kappa shape index (κ3) is 1.89. The van der Waals surface area contributed by atoms with E-state index in [4.69, 9.17) is 5.11 Å². The number of imidazole rings is 1. The van der Waals surface area contributed by atoms with Gasteiger partial charge in [-0.3, -0.25) is 4.79 Å². The molecule has 4 nitrogen and oxygen atoms in total. The van der Waals surface area contributed by atoms with Gasteiger partial charge in [-0.15, -0.1) is 0 Å². The molecule has 1 N–H and O–H groups in total. The first-order chi connectivity index (χ1) is 7.22. The Morgan fingerprint density at radius 2 is 2.40 bits per heavy atom. The Kier molecular flexibility index (Phi) is 2.75. The van der Waals surface area contributed by atoms with Gasteiger partial charge in [0.1, 0.15) is 5.82 Å². The highest BCUT2D eigenvalue weighted by Crippen LogP contribution is 2.22. The molecule has 0 unspecified atom stereocenters. The summed E-state index contributed by atoms with van der Waals surface area (Å²) in [6.07, 6.45) is 3.96. The highest BCUT2D eigenvalue weighted by Gasteiger charge is 2.20. The van der Waals surface area contributed by atoms with Crippen LogP contribution in [0, 0.1) is 0 Å². The molecule has 0 saturated heterocycles. The molecule has 0 amide bonds. The summed E-state index contributed by atoms with van der Waals surface area (Å²) in [7, 11) is 0. The van der Waals surface area contributed by atoms with Crippen LogP contribution in [0.1, 0.15) is 37.0 Å². The summed E-state index contributed by atoms with van der Waals surface area (Å²) >= 11 is 0. The fraction of sp³-hybridized carbons (Fsp3) is 0.636. The van der Waals surface area contributed by atoms with Crippen LogP contribution in [0.4, 0.5) is 0 Å². The first kappa shape index (κ1) is 10.2. The first-order valence-electron chi connectivity index (χ1n) is 5.51. The van der Waals surface area contributed by atoms with E-state index in [0.717, 1.165) is 30.9 Å². The predicted octanol–water partition coefficient (Wildman–Crippen LogP) is 1.41. The Morgan fingerprint density at radius 1 is 1.60 bits per heavy atom. The summed E-state index contributed by atoms with van der Waals surface area (Å²) in [6, 6.07) is 0. The van der Waals surface area contributed by atoms with Gasteiger partial charge in [0.05, 0.1) is 12.1 Å². The van der Waals surface area contributed by atoms with Crippen LogP contribution in [-0.2, 0) is 30.6 Å². The largest absolute Gasteiger partial charge is 0.481 e. The topological polar surface area (TPSA) is 55.1 Å². The second kappa shape index (κ2) is 4.04. The number of carboxylic acids is 1. The van der Waals surface area contributed by atoms with Crippen molar-refractivity contribution in [3.63, 3.8) is 0 Å². The van der Waals surface area contributed by atoms with Gasteiger partial charge in [-0.2, -0.15) is 0 Å². The van der Waals surface area contributed by atoms with Crippen molar-refractivity contribution in [2.45, 2.75) is 45.6 Å². The Labute approximate surface area is 88.9 Å². The smallest absolute Gasteiger partial charge is 0.303 e. The average molecular weight is 208 g/mol. The average Bonchev–Trinajstić information content (AvgIpc) is 2.75. The summed E-state index contributed by atoms with van der Waals surface area (Å²) in [4.78, 5) is 15.0. The quantitative estimate of drug-likeness (QED) is 0.814. The van der Waals surface area contributed by atoms with Crippen molar-refractivity contribution in [1.29, 1.82) is 0 Å². The summed E-state index contributed by atoms with van der Waals surface area (Å²) in [5.41, 5.74) is 2.49. The number of nitrogens with zero attached hydrogens (tertiary/aromatic N) is 2. The molecular formula is C11H16N2O2. The molecule has 0 aliphatic carbocycles. The van der Waals surface area contributed by atoms with Crippen molar-refractivity contribution in [3.8, 4) is 0 Å². The van der Waals surface area contributed by atoms with Gasteiger partial charge in [-0.1, -0.05) is 6.92 Å². The molecule has 15 heavy (non-hydrogen) atoms. The summed E-state index contributed by atoms with van der Waals surface area (Å²) in [5.74, 6) is 0.213. The van der Waals surface area contributed by atoms with Crippen molar-refractivity contribution in [2.75, 3.05) is 0 Å². The number of hydrogen-bond donors (Lipinski definition) is 1. The molecule has 2 rings (SSSR count). The van der Waals surface area contributed by atoms with Gasteiger partial charge in [0.25, 0.3) is 0 Å². The van der Waals surface area contributed by atoms with Gasteiger partial charge in [-0.25, -0.2) is 4.98 Å². The van der Waals surface area contributed by atoms with Crippen LogP contribution in [0.3, 0.4) is 0 Å². The van der Waals surface area contributed by atoms with E-state index >= 15 is 0 Å².